The Morgan fingerprint density at radius 2 is 2.06 bits per heavy atom. The lowest BCUT2D eigenvalue weighted by Gasteiger charge is -2.15. The highest BCUT2D eigenvalue weighted by Crippen LogP contribution is 2.30. The summed E-state index contributed by atoms with van der Waals surface area (Å²) < 4.78 is 27.1. The van der Waals surface area contributed by atoms with Gasteiger partial charge >= 0.3 is 0 Å². The maximum atomic E-state index is 11.1. The Morgan fingerprint density at radius 1 is 1.44 bits per heavy atom. The number of benzene rings is 1. The Balaban J connectivity index is 3.33. The van der Waals surface area contributed by atoms with Gasteiger partial charge in [-0.2, -0.15) is 0 Å². The van der Waals surface area contributed by atoms with Crippen molar-refractivity contribution in [3.05, 3.63) is 18.2 Å². The number of methoxy groups -OCH3 is 1. The number of hydrogen-bond acceptors (Lipinski definition) is 4. The van der Waals surface area contributed by atoms with E-state index in [1.165, 1.54) is 37.3 Å². The minimum Gasteiger partial charge on any atom is -0.495 e. The van der Waals surface area contributed by atoms with Crippen LogP contribution in [0.5, 0.6) is 5.75 Å². The molecule has 0 heterocycles. The third kappa shape index (κ3) is 2.65. The quantitative estimate of drug-likeness (QED) is 0.605. The number of amides is 1. The van der Waals surface area contributed by atoms with Crippen LogP contribution in [0, 0.1) is 0 Å². The molecule has 0 unspecified atom stereocenters. The number of carbonyl (C=O) groups excluding carboxylic acids is 1. The van der Waals surface area contributed by atoms with Crippen LogP contribution in [-0.4, -0.2) is 29.0 Å². The summed E-state index contributed by atoms with van der Waals surface area (Å²) in [5.41, 5.74) is 0.460. The van der Waals surface area contributed by atoms with Crippen molar-refractivity contribution in [2.75, 3.05) is 19.1 Å². The molecule has 88 valence electrons. The zero-order valence-corrected chi connectivity index (χ0v) is 10.2. The summed E-state index contributed by atoms with van der Waals surface area (Å²) in [7, 11) is 4.29. The molecule has 0 atom stereocenters. The van der Waals surface area contributed by atoms with Gasteiger partial charge in [0, 0.05) is 23.8 Å². The second-order valence-electron chi connectivity index (χ2n) is 2.99. The van der Waals surface area contributed by atoms with E-state index in [9.17, 15) is 13.2 Å². The predicted molar refractivity (Wildman–Crippen MR) is 60.5 cm³/mol. The van der Waals surface area contributed by atoms with Crippen molar-refractivity contribution in [2.24, 2.45) is 0 Å². The summed E-state index contributed by atoms with van der Waals surface area (Å²) in [5, 5.41) is 0. The van der Waals surface area contributed by atoms with Gasteiger partial charge < -0.3 is 9.64 Å². The molecule has 0 radical (unpaired) electrons. The van der Waals surface area contributed by atoms with E-state index in [-0.39, 0.29) is 10.6 Å². The lowest BCUT2D eigenvalue weighted by molar-refractivity contribution is -0.107. The van der Waals surface area contributed by atoms with Gasteiger partial charge in [-0.1, -0.05) is 0 Å². The predicted octanol–water partition coefficient (Wildman–Crippen LogP) is 1.22. The SMILES string of the molecule is COc1cc(S(=O)(=O)Cl)ccc1N(C)C=O. The average Bonchev–Trinajstić information content (AvgIpc) is 2.26. The highest BCUT2D eigenvalue weighted by Gasteiger charge is 2.15. The lowest BCUT2D eigenvalue weighted by atomic mass is 10.3. The molecular formula is C9H10ClNO4S. The van der Waals surface area contributed by atoms with Gasteiger partial charge in [0.05, 0.1) is 17.7 Å². The smallest absolute Gasteiger partial charge is 0.261 e. The molecule has 1 rings (SSSR count). The minimum atomic E-state index is -3.80. The van der Waals surface area contributed by atoms with E-state index >= 15 is 0 Å². The van der Waals surface area contributed by atoms with Crippen molar-refractivity contribution in [1.29, 1.82) is 0 Å². The Bertz CT molecular complexity index is 500. The number of hydrogen-bond donors (Lipinski definition) is 0. The van der Waals surface area contributed by atoms with Gasteiger partial charge in [-0.15, -0.1) is 0 Å². The maximum absolute atomic E-state index is 11.1. The monoisotopic (exact) mass is 263 g/mol. The number of anilines is 1. The summed E-state index contributed by atoms with van der Waals surface area (Å²) in [4.78, 5) is 11.8. The number of carbonyl (C=O) groups is 1. The molecule has 0 aliphatic carbocycles. The second-order valence-corrected chi connectivity index (χ2v) is 5.55. The Kier molecular flexibility index (Phi) is 3.77. The van der Waals surface area contributed by atoms with E-state index in [2.05, 4.69) is 0 Å². The molecule has 1 aromatic rings. The Hall–Kier alpha value is -1.27. The van der Waals surface area contributed by atoms with Crippen LogP contribution in [-0.2, 0) is 13.8 Å². The van der Waals surface area contributed by atoms with Crippen LogP contribution in [0.25, 0.3) is 0 Å². The van der Waals surface area contributed by atoms with Gasteiger partial charge in [0.15, 0.2) is 0 Å². The molecule has 0 saturated carbocycles. The van der Waals surface area contributed by atoms with Gasteiger partial charge in [0.25, 0.3) is 9.05 Å². The van der Waals surface area contributed by atoms with Gasteiger partial charge in [-0.25, -0.2) is 8.42 Å². The molecule has 0 aromatic heterocycles. The summed E-state index contributed by atoms with van der Waals surface area (Å²) >= 11 is 0. The largest absolute Gasteiger partial charge is 0.495 e. The second kappa shape index (κ2) is 4.71. The topological polar surface area (TPSA) is 63.7 Å². The summed E-state index contributed by atoms with van der Waals surface area (Å²) in [6.45, 7) is 0. The van der Waals surface area contributed by atoms with Gasteiger partial charge in [-0.3, -0.25) is 4.79 Å². The summed E-state index contributed by atoms with van der Waals surface area (Å²) in [5.74, 6) is 0.260. The normalized spacial score (nSPS) is 10.9. The van der Waals surface area contributed by atoms with Crippen molar-refractivity contribution in [1.82, 2.24) is 0 Å². The highest BCUT2D eigenvalue weighted by atomic mass is 35.7. The van der Waals surface area contributed by atoms with Crippen molar-refractivity contribution in [3.63, 3.8) is 0 Å². The molecule has 7 heteroatoms. The van der Waals surface area contributed by atoms with Crippen molar-refractivity contribution in [3.8, 4) is 5.75 Å². The van der Waals surface area contributed by atoms with E-state index in [4.69, 9.17) is 15.4 Å². The fraction of sp³-hybridized carbons (Fsp3) is 0.222. The summed E-state index contributed by atoms with van der Waals surface area (Å²) in [6, 6.07) is 4.01. The standard InChI is InChI=1S/C9H10ClNO4S/c1-11(6-12)8-4-3-7(16(10,13)14)5-9(8)15-2/h3-6H,1-2H3. The highest BCUT2D eigenvalue weighted by molar-refractivity contribution is 8.13. The number of rotatable bonds is 4. The van der Waals surface area contributed by atoms with Crippen LogP contribution in [0.4, 0.5) is 5.69 Å². The van der Waals surface area contributed by atoms with Crippen LogP contribution in [0.1, 0.15) is 0 Å². The molecular weight excluding hydrogens is 254 g/mol. The first-order valence-electron chi connectivity index (χ1n) is 4.21. The zero-order chi connectivity index (χ0) is 12.3. The maximum Gasteiger partial charge on any atom is 0.261 e. The number of halogens is 1. The van der Waals surface area contributed by atoms with Gasteiger partial charge in [0.2, 0.25) is 6.41 Å². The lowest BCUT2D eigenvalue weighted by Crippen LogP contribution is -2.14. The molecule has 5 nitrogen and oxygen atoms in total. The van der Waals surface area contributed by atoms with Gasteiger partial charge in [0.1, 0.15) is 5.75 Å². The fourth-order valence-corrected chi connectivity index (χ4v) is 1.92. The van der Waals surface area contributed by atoms with Crippen LogP contribution in [0.3, 0.4) is 0 Å². The van der Waals surface area contributed by atoms with Crippen LogP contribution in [0.15, 0.2) is 23.1 Å². The van der Waals surface area contributed by atoms with E-state index in [1.54, 1.807) is 0 Å². The van der Waals surface area contributed by atoms with E-state index in [0.29, 0.717) is 12.1 Å². The van der Waals surface area contributed by atoms with E-state index < -0.39 is 9.05 Å². The molecule has 16 heavy (non-hydrogen) atoms. The Labute approximate surface area is 98.0 Å². The third-order valence-corrected chi connectivity index (χ3v) is 3.32. The molecule has 1 aromatic carbocycles. The molecule has 0 bridgehead atoms. The summed E-state index contributed by atoms with van der Waals surface area (Å²) in [6.07, 6.45) is 0.590. The minimum absolute atomic E-state index is 0.0749. The fourth-order valence-electron chi connectivity index (χ4n) is 1.16. The Morgan fingerprint density at radius 3 is 2.50 bits per heavy atom. The molecule has 0 N–H and O–H groups in total. The van der Waals surface area contributed by atoms with Crippen molar-refractivity contribution < 1.29 is 17.9 Å². The molecule has 0 saturated heterocycles. The van der Waals surface area contributed by atoms with Crippen LogP contribution >= 0.6 is 10.7 Å². The van der Waals surface area contributed by atoms with Crippen molar-refractivity contribution >= 4 is 31.8 Å². The molecule has 0 fully saturated rings. The molecule has 0 aliphatic rings. The van der Waals surface area contributed by atoms with Crippen LogP contribution < -0.4 is 9.64 Å². The molecule has 0 aliphatic heterocycles. The average molecular weight is 264 g/mol. The number of ether oxygens (including phenoxy) is 1. The first kappa shape index (κ1) is 12.8. The van der Waals surface area contributed by atoms with Gasteiger partial charge in [-0.05, 0) is 12.1 Å². The first-order chi connectivity index (χ1) is 7.40. The van der Waals surface area contributed by atoms with E-state index in [0.717, 1.165) is 0 Å². The molecule has 1 amide bonds. The third-order valence-electron chi connectivity index (χ3n) is 1.97. The van der Waals surface area contributed by atoms with E-state index in [1.807, 2.05) is 0 Å². The molecule has 0 spiro atoms. The number of nitrogens with zero attached hydrogens (tertiary/aromatic N) is 1. The van der Waals surface area contributed by atoms with Crippen LogP contribution in [0.2, 0.25) is 0 Å². The van der Waals surface area contributed by atoms with Crippen molar-refractivity contribution in [2.45, 2.75) is 4.90 Å². The zero-order valence-electron chi connectivity index (χ0n) is 8.68. The first-order valence-corrected chi connectivity index (χ1v) is 6.52.